The molecule has 0 saturated carbocycles. The first kappa shape index (κ1) is 11.2. The molecule has 0 aromatic heterocycles. The van der Waals surface area contributed by atoms with Crippen LogP contribution in [0, 0.1) is 0 Å². The first-order valence-corrected chi connectivity index (χ1v) is 4.91. The first-order valence-electron chi connectivity index (χ1n) is 3.76. The minimum atomic E-state index is 0.614. The third-order valence-electron chi connectivity index (χ3n) is 1.07. The van der Waals surface area contributed by atoms with E-state index in [1.165, 1.54) is 0 Å². The molecule has 0 aliphatic carbocycles. The van der Waals surface area contributed by atoms with Crippen LogP contribution in [-0.2, 0) is 9.47 Å². The number of hydrogen-bond donors (Lipinski definition) is 1. The van der Waals surface area contributed by atoms with Crippen LogP contribution in [0.5, 0.6) is 0 Å². The number of ether oxygens (including phenoxy) is 2. The van der Waals surface area contributed by atoms with Gasteiger partial charge in [-0.1, -0.05) is 0 Å². The third-order valence-corrected chi connectivity index (χ3v) is 1.98. The molecule has 2 N–H and O–H groups in total. The minimum absolute atomic E-state index is 0.614. The summed E-state index contributed by atoms with van der Waals surface area (Å²) >= 11 is 1.84. The Hall–Kier alpha value is 0.230. The monoisotopic (exact) mass is 179 g/mol. The molecule has 0 amide bonds. The van der Waals surface area contributed by atoms with Gasteiger partial charge in [-0.15, -0.1) is 0 Å². The van der Waals surface area contributed by atoms with Gasteiger partial charge in [-0.2, -0.15) is 11.8 Å². The number of hydrogen-bond acceptors (Lipinski definition) is 4. The van der Waals surface area contributed by atoms with Crippen molar-refractivity contribution < 1.29 is 9.47 Å². The topological polar surface area (TPSA) is 44.5 Å². The lowest BCUT2D eigenvalue weighted by Crippen LogP contribution is -2.10. The van der Waals surface area contributed by atoms with Gasteiger partial charge in [0.15, 0.2) is 0 Å². The van der Waals surface area contributed by atoms with Gasteiger partial charge in [0, 0.05) is 25.2 Å². The largest absolute Gasteiger partial charge is 0.384 e. The van der Waals surface area contributed by atoms with E-state index in [1.54, 1.807) is 7.11 Å². The molecule has 3 nitrogen and oxygen atoms in total. The van der Waals surface area contributed by atoms with Crippen molar-refractivity contribution in [1.29, 1.82) is 0 Å². The lowest BCUT2D eigenvalue weighted by Gasteiger charge is -2.01. The smallest absolute Gasteiger partial charge is 0.0589 e. The number of thioether (sulfide) groups is 1. The highest BCUT2D eigenvalue weighted by molar-refractivity contribution is 7.99. The number of methoxy groups -OCH3 is 1. The fourth-order valence-electron chi connectivity index (χ4n) is 0.548. The highest BCUT2D eigenvalue weighted by Gasteiger charge is 1.88. The zero-order valence-electron chi connectivity index (χ0n) is 7.04. The zero-order chi connectivity index (χ0) is 8.36. The summed E-state index contributed by atoms with van der Waals surface area (Å²) in [5.74, 6) is 2.08. The molecular formula is C7H17NO2S. The van der Waals surface area contributed by atoms with Gasteiger partial charge in [0.1, 0.15) is 0 Å². The van der Waals surface area contributed by atoms with Crippen molar-refractivity contribution in [2.24, 2.45) is 5.73 Å². The van der Waals surface area contributed by atoms with Gasteiger partial charge in [-0.3, -0.25) is 0 Å². The Morgan fingerprint density at radius 1 is 1.18 bits per heavy atom. The lowest BCUT2D eigenvalue weighted by atomic mass is 10.7. The van der Waals surface area contributed by atoms with Crippen molar-refractivity contribution >= 4 is 11.8 Å². The predicted octanol–water partition coefficient (Wildman–Crippen LogP) is 0.341. The van der Waals surface area contributed by atoms with Crippen LogP contribution in [0.4, 0.5) is 0 Å². The van der Waals surface area contributed by atoms with E-state index in [0.29, 0.717) is 13.2 Å². The summed E-state index contributed by atoms with van der Waals surface area (Å²) in [6.07, 6.45) is 0. The zero-order valence-corrected chi connectivity index (χ0v) is 7.86. The van der Waals surface area contributed by atoms with Crippen LogP contribution in [0.1, 0.15) is 0 Å². The minimum Gasteiger partial charge on any atom is -0.384 e. The standard InChI is InChI=1S/C7H17NO2S/c1-9-4-6-11-7-5-10-3-2-8/h2-8H2,1H3. The van der Waals surface area contributed by atoms with Crippen LogP contribution >= 0.6 is 11.8 Å². The predicted molar refractivity (Wildman–Crippen MR) is 49.1 cm³/mol. The van der Waals surface area contributed by atoms with Gasteiger partial charge in [0.2, 0.25) is 0 Å². The molecule has 0 unspecified atom stereocenters. The molecule has 0 heterocycles. The fraction of sp³-hybridized carbons (Fsp3) is 1.00. The molecule has 0 radical (unpaired) electrons. The second-order valence-electron chi connectivity index (χ2n) is 2.01. The molecule has 0 aliphatic rings. The molecule has 0 aromatic carbocycles. The molecule has 4 heteroatoms. The summed E-state index contributed by atoms with van der Waals surface area (Å²) < 4.78 is 10.1. The molecule has 0 bridgehead atoms. The van der Waals surface area contributed by atoms with Crippen LogP contribution < -0.4 is 5.73 Å². The normalized spacial score (nSPS) is 10.4. The van der Waals surface area contributed by atoms with E-state index >= 15 is 0 Å². The molecule has 0 atom stereocenters. The van der Waals surface area contributed by atoms with E-state index in [1.807, 2.05) is 11.8 Å². The Morgan fingerprint density at radius 3 is 2.55 bits per heavy atom. The Kier molecular flexibility index (Phi) is 10.4. The average molecular weight is 179 g/mol. The Morgan fingerprint density at radius 2 is 1.91 bits per heavy atom. The maximum atomic E-state index is 5.24. The number of rotatable bonds is 8. The van der Waals surface area contributed by atoms with Crippen molar-refractivity contribution in [3.8, 4) is 0 Å². The molecule has 0 spiro atoms. The second kappa shape index (κ2) is 10.2. The van der Waals surface area contributed by atoms with Gasteiger partial charge in [-0.05, 0) is 0 Å². The SMILES string of the molecule is COCCSCCOCCN. The van der Waals surface area contributed by atoms with Crippen molar-refractivity contribution in [2.45, 2.75) is 0 Å². The Bertz CT molecular complexity index is 65.5. The van der Waals surface area contributed by atoms with Crippen molar-refractivity contribution in [3.05, 3.63) is 0 Å². The lowest BCUT2D eigenvalue weighted by molar-refractivity contribution is 0.158. The van der Waals surface area contributed by atoms with Gasteiger partial charge in [0.05, 0.1) is 19.8 Å². The van der Waals surface area contributed by atoms with Gasteiger partial charge in [0.25, 0.3) is 0 Å². The summed E-state index contributed by atoms with van der Waals surface area (Å²) in [5.41, 5.74) is 5.24. The summed E-state index contributed by atoms with van der Waals surface area (Å²) in [5, 5.41) is 0. The Labute approximate surface area is 72.6 Å². The van der Waals surface area contributed by atoms with E-state index in [-0.39, 0.29) is 0 Å². The van der Waals surface area contributed by atoms with Crippen LogP contribution in [0.25, 0.3) is 0 Å². The van der Waals surface area contributed by atoms with Crippen LogP contribution in [0.3, 0.4) is 0 Å². The molecule has 0 rings (SSSR count). The summed E-state index contributed by atoms with van der Waals surface area (Å²) in [7, 11) is 1.71. The molecule has 0 fully saturated rings. The molecule has 0 saturated heterocycles. The van der Waals surface area contributed by atoms with E-state index in [9.17, 15) is 0 Å². The summed E-state index contributed by atoms with van der Waals surface area (Å²) in [4.78, 5) is 0. The fourth-order valence-corrected chi connectivity index (χ4v) is 1.27. The van der Waals surface area contributed by atoms with Gasteiger partial charge in [-0.25, -0.2) is 0 Å². The summed E-state index contributed by atoms with van der Waals surface area (Å²) in [6.45, 7) is 2.90. The highest BCUT2D eigenvalue weighted by atomic mass is 32.2. The van der Waals surface area contributed by atoms with E-state index in [4.69, 9.17) is 15.2 Å². The maximum absolute atomic E-state index is 5.24. The van der Waals surface area contributed by atoms with Crippen molar-refractivity contribution in [3.63, 3.8) is 0 Å². The molecule has 0 aliphatic heterocycles. The third kappa shape index (κ3) is 10.2. The average Bonchev–Trinajstić information content (AvgIpc) is 2.03. The van der Waals surface area contributed by atoms with E-state index in [2.05, 4.69) is 0 Å². The van der Waals surface area contributed by atoms with E-state index in [0.717, 1.165) is 24.7 Å². The highest BCUT2D eigenvalue weighted by Crippen LogP contribution is 1.98. The first-order chi connectivity index (χ1) is 5.41. The van der Waals surface area contributed by atoms with Crippen molar-refractivity contribution in [1.82, 2.24) is 0 Å². The second-order valence-corrected chi connectivity index (χ2v) is 3.23. The molecule has 68 valence electrons. The molecular weight excluding hydrogens is 162 g/mol. The van der Waals surface area contributed by atoms with E-state index < -0.39 is 0 Å². The Balaban J connectivity index is 2.69. The molecule has 0 aromatic rings. The van der Waals surface area contributed by atoms with Gasteiger partial charge >= 0.3 is 0 Å². The number of nitrogens with two attached hydrogens (primary N) is 1. The van der Waals surface area contributed by atoms with Crippen LogP contribution in [0.2, 0.25) is 0 Å². The van der Waals surface area contributed by atoms with Gasteiger partial charge < -0.3 is 15.2 Å². The van der Waals surface area contributed by atoms with Crippen LogP contribution in [-0.4, -0.2) is 45.0 Å². The summed E-state index contributed by atoms with van der Waals surface area (Å²) in [6, 6.07) is 0. The maximum Gasteiger partial charge on any atom is 0.0589 e. The quantitative estimate of drug-likeness (QED) is 0.546. The van der Waals surface area contributed by atoms with Crippen molar-refractivity contribution in [2.75, 3.05) is 45.0 Å². The molecule has 11 heavy (non-hydrogen) atoms. The van der Waals surface area contributed by atoms with Crippen LogP contribution in [0.15, 0.2) is 0 Å².